The summed E-state index contributed by atoms with van der Waals surface area (Å²) in [7, 11) is -3.91. The van der Waals surface area contributed by atoms with Gasteiger partial charge in [0.25, 0.3) is 0 Å². The number of thioether (sulfide) groups is 1. The second kappa shape index (κ2) is 4.49. The first-order chi connectivity index (χ1) is 5.97. The van der Waals surface area contributed by atoms with Crippen molar-refractivity contribution in [2.45, 2.75) is 4.90 Å². The molecule has 0 aromatic heterocycles. The number of rotatable bonds is 3. The van der Waals surface area contributed by atoms with Gasteiger partial charge in [-0.2, -0.15) is 0 Å². The molecule has 0 saturated carbocycles. The van der Waals surface area contributed by atoms with Crippen LogP contribution in [0, 0.1) is 0 Å². The van der Waals surface area contributed by atoms with E-state index in [9.17, 15) is 4.57 Å². The Bertz CT molecular complexity index is 321. The van der Waals surface area contributed by atoms with Gasteiger partial charge in [-0.3, -0.25) is 4.57 Å². The SMILES string of the molecule is O=P(O)(O)CSc1ccc(Cl)cc1. The number of hydrogen-bond donors (Lipinski definition) is 2. The van der Waals surface area contributed by atoms with Crippen LogP contribution in [0.3, 0.4) is 0 Å². The molecule has 0 radical (unpaired) electrons. The summed E-state index contributed by atoms with van der Waals surface area (Å²) in [4.78, 5) is 18.0. The predicted octanol–water partition coefficient (Wildman–Crippen LogP) is 2.57. The standard InChI is InChI=1S/C7H8ClO3PS/c8-6-1-3-7(4-2-6)13-5-12(9,10)11/h1-4H,5H2,(H2,9,10,11). The largest absolute Gasteiger partial charge is 0.335 e. The zero-order valence-electron chi connectivity index (χ0n) is 6.55. The molecule has 0 bridgehead atoms. The first kappa shape index (κ1) is 11.1. The van der Waals surface area contributed by atoms with Crippen molar-refractivity contribution in [3.8, 4) is 0 Å². The smallest absolute Gasteiger partial charge is 0.324 e. The lowest BCUT2D eigenvalue weighted by atomic mass is 10.4. The Hall–Kier alpha value is 0.01000. The maximum atomic E-state index is 10.5. The van der Waals surface area contributed by atoms with E-state index in [1.807, 2.05) is 0 Å². The van der Waals surface area contributed by atoms with Crippen molar-refractivity contribution in [3.63, 3.8) is 0 Å². The topological polar surface area (TPSA) is 57.5 Å². The highest BCUT2D eigenvalue weighted by Gasteiger charge is 2.12. The first-order valence-electron chi connectivity index (χ1n) is 3.40. The van der Waals surface area contributed by atoms with E-state index in [-0.39, 0.29) is 5.49 Å². The molecule has 0 atom stereocenters. The van der Waals surface area contributed by atoms with E-state index in [0.29, 0.717) is 5.02 Å². The monoisotopic (exact) mass is 238 g/mol. The van der Waals surface area contributed by atoms with Crippen molar-refractivity contribution >= 4 is 31.0 Å². The molecule has 0 aliphatic rings. The molecule has 0 spiro atoms. The third-order valence-corrected chi connectivity index (χ3v) is 3.93. The molecule has 0 saturated heterocycles. The van der Waals surface area contributed by atoms with Gasteiger partial charge < -0.3 is 9.79 Å². The Morgan fingerprint density at radius 3 is 2.31 bits per heavy atom. The lowest BCUT2D eigenvalue weighted by Crippen LogP contribution is -1.81. The Morgan fingerprint density at radius 1 is 1.31 bits per heavy atom. The molecule has 3 nitrogen and oxygen atoms in total. The fraction of sp³-hybridized carbons (Fsp3) is 0.143. The van der Waals surface area contributed by atoms with Crippen molar-refractivity contribution < 1.29 is 14.4 Å². The maximum absolute atomic E-state index is 10.5. The zero-order chi connectivity index (χ0) is 9.90. The minimum atomic E-state index is -3.91. The van der Waals surface area contributed by atoms with Crippen LogP contribution in [-0.4, -0.2) is 15.3 Å². The zero-order valence-corrected chi connectivity index (χ0v) is 9.02. The second-order valence-electron chi connectivity index (χ2n) is 2.39. The average Bonchev–Trinajstić information content (AvgIpc) is 2.02. The minimum Gasteiger partial charge on any atom is -0.324 e. The number of benzene rings is 1. The molecule has 0 aliphatic heterocycles. The highest BCUT2D eigenvalue weighted by molar-refractivity contribution is 8.04. The quantitative estimate of drug-likeness (QED) is 0.628. The molecule has 1 aromatic rings. The predicted molar refractivity (Wildman–Crippen MR) is 54.2 cm³/mol. The molecular formula is C7H8ClO3PS. The molecule has 0 unspecified atom stereocenters. The van der Waals surface area contributed by atoms with E-state index in [4.69, 9.17) is 21.4 Å². The van der Waals surface area contributed by atoms with Gasteiger partial charge in [0.15, 0.2) is 0 Å². The lowest BCUT2D eigenvalue weighted by Gasteiger charge is -2.02. The van der Waals surface area contributed by atoms with Gasteiger partial charge in [-0.25, -0.2) is 0 Å². The Labute approximate surface area is 85.3 Å². The van der Waals surface area contributed by atoms with E-state index < -0.39 is 7.60 Å². The van der Waals surface area contributed by atoms with Crippen LogP contribution in [0.25, 0.3) is 0 Å². The van der Waals surface area contributed by atoms with Crippen LogP contribution in [0.4, 0.5) is 0 Å². The molecule has 0 fully saturated rings. The highest BCUT2D eigenvalue weighted by Crippen LogP contribution is 2.41. The summed E-state index contributed by atoms with van der Waals surface area (Å²) in [6.07, 6.45) is 0. The van der Waals surface area contributed by atoms with Crippen LogP contribution in [0.15, 0.2) is 29.2 Å². The fourth-order valence-electron chi connectivity index (χ4n) is 0.689. The molecule has 0 amide bonds. The van der Waals surface area contributed by atoms with Crippen LogP contribution in [0.1, 0.15) is 0 Å². The van der Waals surface area contributed by atoms with Crippen molar-refractivity contribution in [2.24, 2.45) is 0 Å². The Kier molecular flexibility index (Phi) is 3.83. The molecule has 1 rings (SSSR count). The Balaban J connectivity index is 2.56. The lowest BCUT2D eigenvalue weighted by molar-refractivity contribution is 0.379. The number of halogens is 1. The van der Waals surface area contributed by atoms with Gasteiger partial charge in [-0.05, 0) is 24.3 Å². The van der Waals surface area contributed by atoms with Crippen molar-refractivity contribution in [3.05, 3.63) is 29.3 Å². The summed E-state index contributed by atoms with van der Waals surface area (Å²) >= 11 is 6.75. The first-order valence-corrected chi connectivity index (χ1v) is 6.56. The van der Waals surface area contributed by atoms with E-state index in [2.05, 4.69) is 0 Å². The fourth-order valence-corrected chi connectivity index (χ4v) is 2.41. The molecule has 13 heavy (non-hydrogen) atoms. The normalized spacial score (nSPS) is 11.6. The van der Waals surface area contributed by atoms with E-state index in [1.54, 1.807) is 24.3 Å². The third-order valence-electron chi connectivity index (χ3n) is 1.21. The van der Waals surface area contributed by atoms with Crippen LogP contribution in [0.2, 0.25) is 5.02 Å². The van der Waals surface area contributed by atoms with E-state index >= 15 is 0 Å². The van der Waals surface area contributed by atoms with Gasteiger partial charge in [0, 0.05) is 9.92 Å². The summed E-state index contributed by atoms with van der Waals surface area (Å²) in [6, 6.07) is 6.82. The van der Waals surface area contributed by atoms with Gasteiger partial charge in [0.2, 0.25) is 0 Å². The van der Waals surface area contributed by atoms with Gasteiger partial charge in [-0.15, -0.1) is 11.8 Å². The molecule has 1 aromatic carbocycles. The van der Waals surface area contributed by atoms with Crippen LogP contribution in [0.5, 0.6) is 0 Å². The maximum Gasteiger partial charge on any atom is 0.335 e. The van der Waals surface area contributed by atoms with Crippen molar-refractivity contribution in [1.29, 1.82) is 0 Å². The minimum absolute atomic E-state index is 0.200. The Morgan fingerprint density at radius 2 is 1.85 bits per heavy atom. The molecule has 2 N–H and O–H groups in total. The summed E-state index contributed by atoms with van der Waals surface area (Å²) < 4.78 is 10.5. The van der Waals surface area contributed by atoms with Crippen LogP contribution in [-0.2, 0) is 4.57 Å². The van der Waals surface area contributed by atoms with Gasteiger partial charge in [-0.1, -0.05) is 11.6 Å². The molecular weight excluding hydrogens is 231 g/mol. The van der Waals surface area contributed by atoms with Crippen molar-refractivity contribution in [2.75, 3.05) is 5.49 Å². The second-order valence-corrected chi connectivity index (χ2v) is 5.95. The summed E-state index contributed by atoms with van der Waals surface area (Å²) in [6.45, 7) is 0. The van der Waals surface area contributed by atoms with E-state index in [0.717, 1.165) is 16.7 Å². The summed E-state index contributed by atoms with van der Waals surface area (Å²) in [5, 5.41) is 0.612. The summed E-state index contributed by atoms with van der Waals surface area (Å²) in [5.41, 5.74) is -0.200. The summed E-state index contributed by atoms with van der Waals surface area (Å²) in [5.74, 6) is 0. The molecule has 72 valence electrons. The number of hydrogen-bond acceptors (Lipinski definition) is 2. The molecule has 0 heterocycles. The van der Waals surface area contributed by atoms with E-state index in [1.165, 1.54) is 0 Å². The van der Waals surface area contributed by atoms with Crippen LogP contribution < -0.4 is 0 Å². The molecule has 6 heteroatoms. The highest BCUT2D eigenvalue weighted by atomic mass is 35.5. The molecule has 0 aliphatic carbocycles. The van der Waals surface area contributed by atoms with Crippen molar-refractivity contribution in [1.82, 2.24) is 0 Å². The third kappa shape index (κ3) is 4.69. The van der Waals surface area contributed by atoms with Gasteiger partial charge >= 0.3 is 7.60 Å². The average molecular weight is 239 g/mol. The van der Waals surface area contributed by atoms with Gasteiger partial charge in [0.05, 0.1) is 0 Å². The van der Waals surface area contributed by atoms with Gasteiger partial charge in [0.1, 0.15) is 5.49 Å². The van der Waals surface area contributed by atoms with Crippen LogP contribution >= 0.6 is 31.0 Å².